The van der Waals surface area contributed by atoms with Crippen LogP contribution in [0.5, 0.6) is 0 Å². The fourth-order valence-corrected chi connectivity index (χ4v) is 0.526. The van der Waals surface area contributed by atoms with Crippen molar-refractivity contribution >= 4 is 23.9 Å². The van der Waals surface area contributed by atoms with Gasteiger partial charge in [-0.05, 0) is 0 Å². The summed E-state index contributed by atoms with van der Waals surface area (Å²) in [4.78, 5) is 38.7. The molecule has 4 N–H and O–H groups in total. The molecule has 11 heteroatoms. The summed E-state index contributed by atoms with van der Waals surface area (Å²) in [5.41, 5.74) is 9.47. The Morgan fingerprint density at radius 1 is 0.737 bits per heavy atom. The second kappa shape index (κ2) is 11.4. The van der Waals surface area contributed by atoms with Crippen molar-refractivity contribution in [1.29, 1.82) is 0 Å². The van der Waals surface area contributed by atoms with Gasteiger partial charge in [0.15, 0.2) is 0 Å². The molecule has 0 aromatic rings. The Morgan fingerprint density at radius 3 is 1.00 bits per heavy atom. The molecule has 0 aliphatic carbocycles. The van der Waals surface area contributed by atoms with E-state index in [2.05, 4.69) is 0 Å². The summed E-state index contributed by atoms with van der Waals surface area (Å²) < 4.78 is 0. The second-order valence-corrected chi connectivity index (χ2v) is 3.00. The number of carbonyl (C=O) groups is 4. The average molecular weight is 318 g/mol. The summed E-state index contributed by atoms with van der Waals surface area (Å²) in [6.45, 7) is 0. The zero-order valence-corrected chi connectivity index (χ0v) is 10.4. The van der Waals surface area contributed by atoms with Crippen LogP contribution in [-0.2, 0) is 36.2 Å². The molecule has 0 aromatic carbocycles. The van der Waals surface area contributed by atoms with Gasteiger partial charge in [0.1, 0.15) is 0 Å². The predicted molar refractivity (Wildman–Crippen MR) is 45.2 cm³/mol. The molecule has 0 spiro atoms. The topological polar surface area (TPSA) is 213 Å². The smallest absolute Gasteiger partial charge is 0.550 e. The molecule has 0 saturated heterocycles. The van der Waals surface area contributed by atoms with Crippen LogP contribution in [-0.4, -0.2) is 36.0 Å². The Morgan fingerprint density at radius 2 is 0.947 bits per heavy atom. The second-order valence-electron chi connectivity index (χ2n) is 3.00. The maximum absolute atomic E-state index is 9.71. The quantitative estimate of drug-likeness (QED) is 0.441. The van der Waals surface area contributed by atoms with Crippen LogP contribution < -0.4 is 31.9 Å². The monoisotopic (exact) mass is 318 g/mol. The van der Waals surface area contributed by atoms with Gasteiger partial charge in [-0.15, -0.1) is 0 Å². The number of carboxylic acid groups (broad SMARTS) is 4. The largest absolute Gasteiger partial charge is 4.00 e. The number of nitrogens with two attached hydrogens (primary N) is 2. The first-order chi connectivity index (χ1) is 8.07. The Labute approximate surface area is 117 Å². The fraction of sp³-hybridized carbons (Fsp3) is 0.500. The number of hydrogen-bond acceptors (Lipinski definition) is 10. The van der Waals surface area contributed by atoms with Gasteiger partial charge in [0.05, 0.1) is 11.9 Å². The summed E-state index contributed by atoms with van der Waals surface area (Å²) in [5.74, 6) is -6.16. The van der Waals surface area contributed by atoms with Crippen LogP contribution in [0.25, 0.3) is 0 Å². The molecule has 0 aliphatic rings. The molecule has 0 fully saturated rings. The van der Waals surface area contributed by atoms with Crippen molar-refractivity contribution < 1.29 is 56.7 Å². The van der Waals surface area contributed by atoms with Gasteiger partial charge in [-0.25, -0.2) is 0 Å². The van der Waals surface area contributed by atoms with Crippen molar-refractivity contribution in [2.24, 2.45) is 11.5 Å². The van der Waals surface area contributed by atoms with Crippen LogP contribution >= 0.6 is 0 Å². The molecule has 10 nitrogen and oxygen atoms in total. The van der Waals surface area contributed by atoms with Gasteiger partial charge in [0.25, 0.3) is 0 Å². The zero-order chi connectivity index (χ0) is 14.9. The molecule has 2 unspecified atom stereocenters. The van der Waals surface area contributed by atoms with Crippen LogP contribution in [0, 0.1) is 0 Å². The third-order valence-corrected chi connectivity index (χ3v) is 1.38. The van der Waals surface area contributed by atoms with Crippen molar-refractivity contribution in [3.63, 3.8) is 0 Å². The van der Waals surface area contributed by atoms with E-state index in [1.807, 2.05) is 0 Å². The fourth-order valence-electron chi connectivity index (χ4n) is 0.526. The van der Waals surface area contributed by atoms with E-state index < -0.39 is 48.8 Å². The zero-order valence-electron chi connectivity index (χ0n) is 9.34. The van der Waals surface area contributed by atoms with E-state index in [1.165, 1.54) is 0 Å². The standard InChI is InChI=1S/2C4H7NO4.Fe/c2*5-2(4(8)9)1-3(6)7;/h2*2H,1,5H2,(H,6,7)(H,8,9);/q;;+4/p-4. The average Bonchev–Trinajstić information content (AvgIpc) is 2.16. The van der Waals surface area contributed by atoms with Crippen molar-refractivity contribution in [3.05, 3.63) is 0 Å². The van der Waals surface area contributed by atoms with Crippen LogP contribution in [0.2, 0.25) is 0 Å². The SMILES string of the molecule is NC(CC(=O)[O-])C(=O)[O-].NC(CC(=O)[O-])C(=O)[O-].[Fe+4]. The molecule has 0 aromatic heterocycles. The predicted octanol–water partition coefficient (Wildman–Crippen LogP) is -7.60. The molecule has 2 atom stereocenters. The van der Waals surface area contributed by atoms with Crippen LogP contribution in [0.4, 0.5) is 0 Å². The molecular formula is C8H10FeN2O8. The van der Waals surface area contributed by atoms with E-state index in [0.717, 1.165) is 0 Å². The molecule has 0 radical (unpaired) electrons. The van der Waals surface area contributed by atoms with E-state index in [9.17, 15) is 39.6 Å². The summed E-state index contributed by atoms with van der Waals surface area (Å²) in [6, 6.07) is -2.93. The minimum absolute atomic E-state index is 0. The van der Waals surface area contributed by atoms with Gasteiger partial charge < -0.3 is 51.1 Å². The molecule has 0 rings (SSSR count). The molecule has 0 amide bonds. The van der Waals surface area contributed by atoms with Crippen LogP contribution in [0.3, 0.4) is 0 Å². The number of rotatable bonds is 6. The van der Waals surface area contributed by atoms with E-state index in [1.54, 1.807) is 0 Å². The van der Waals surface area contributed by atoms with Gasteiger partial charge in [0, 0.05) is 36.9 Å². The maximum Gasteiger partial charge on any atom is 4.00 e. The molecule has 0 bridgehead atoms. The van der Waals surface area contributed by atoms with Crippen molar-refractivity contribution in [1.82, 2.24) is 0 Å². The first kappa shape index (κ1) is 22.5. The van der Waals surface area contributed by atoms with Gasteiger partial charge in [0.2, 0.25) is 0 Å². The van der Waals surface area contributed by atoms with Crippen LogP contribution in [0.15, 0.2) is 0 Å². The van der Waals surface area contributed by atoms with E-state index in [0.29, 0.717) is 0 Å². The van der Waals surface area contributed by atoms with Crippen molar-refractivity contribution in [2.75, 3.05) is 0 Å². The molecule has 108 valence electrons. The van der Waals surface area contributed by atoms with E-state index in [-0.39, 0.29) is 17.1 Å². The first-order valence-electron chi connectivity index (χ1n) is 4.40. The Bertz CT molecular complexity index is 303. The third kappa shape index (κ3) is 16.3. The number of carboxylic acids is 4. The van der Waals surface area contributed by atoms with Gasteiger partial charge >= 0.3 is 17.1 Å². The van der Waals surface area contributed by atoms with Gasteiger partial charge in [-0.3, -0.25) is 0 Å². The van der Waals surface area contributed by atoms with Crippen LogP contribution in [0.1, 0.15) is 12.8 Å². The summed E-state index contributed by atoms with van der Waals surface area (Å²) in [5, 5.41) is 38.7. The van der Waals surface area contributed by atoms with Crippen molar-refractivity contribution in [3.8, 4) is 0 Å². The van der Waals surface area contributed by atoms with E-state index in [4.69, 9.17) is 11.5 Å². The molecule has 0 aliphatic heterocycles. The maximum atomic E-state index is 9.71. The summed E-state index contributed by atoms with van der Waals surface area (Å²) >= 11 is 0. The van der Waals surface area contributed by atoms with Gasteiger partial charge in [-0.2, -0.15) is 0 Å². The normalized spacial score (nSPS) is 11.9. The van der Waals surface area contributed by atoms with Gasteiger partial charge in [-0.1, -0.05) is 0 Å². The third-order valence-electron chi connectivity index (χ3n) is 1.38. The Balaban J connectivity index is -0.000000256. The summed E-state index contributed by atoms with van der Waals surface area (Å²) in [7, 11) is 0. The van der Waals surface area contributed by atoms with E-state index >= 15 is 0 Å². The molecular weight excluding hydrogens is 308 g/mol. The minimum atomic E-state index is -1.58. The number of hydrogen-bond donors (Lipinski definition) is 2. The minimum Gasteiger partial charge on any atom is -0.550 e. The summed E-state index contributed by atoms with van der Waals surface area (Å²) in [6.07, 6.45) is -1.41. The first-order valence-corrected chi connectivity index (χ1v) is 4.40. The number of carbonyl (C=O) groups excluding carboxylic acids is 4. The van der Waals surface area contributed by atoms with Crippen molar-refractivity contribution in [2.45, 2.75) is 24.9 Å². The molecule has 19 heavy (non-hydrogen) atoms. The number of aliphatic carboxylic acids is 4. The Hall–Kier alpha value is -1.68. The Kier molecular flexibility index (Phi) is 13.5. The molecule has 0 heterocycles. The molecule has 0 saturated carbocycles.